The van der Waals surface area contributed by atoms with Crippen molar-refractivity contribution in [3.63, 3.8) is 0 Å². The van der Waals surface area contributed by atoms with E-state index in [0.29, 0.717) is 0 Å². The van der Waals surface area contributed by atoms with Crippen LogP contribution in [0, 0.1) is 0 Å². The van der Waals surface area contributed by atoms with Crippen LogP contribution in [-0.4, -0.2) is 0 Å². The maximum absolute atomic E-state index is 2.12. The normalized spacial score (nSPS) is 3.09. The van der Waals surface area contributed by atoms with E-state index in [2.05, 4.69) is 13.8 Å². The molecule has 0 bridgehead atoms. The first kappa shape index (κ1) is 372. The van der Waals surface area contributed by atoms with Gasteiger partial charge in [-0.2, -0.15) is 0 Å². The predicted octanol–water partition coefficient (Wildman–Crippen LogP) is 49.6. The highest BCUT2D eigenvalue weighted by Gasteiger charge is 1.35. The maximum Gasteiger partial charge on any atom is -0.0590 e. The fourth-order valence-electron chi connectivity index (χ4n) is 0. The van der Waals surface area contributed by atoms with E-state index in [1.54, 1.807) is 0 Å². The van der Waals surface area contributed by atoms with E-state index in [1.807, 2.05) is 651 Å². The van der Waals surface area contributed by atoms with Crippen LogP contribution in [0.3, 0.4) is 0 Å². The predicted molar refractivity (Wildman–Crippen MR) is 549 cm³/mol. The second kappa shape index (κ2) is 866000. The lowest BCUT2D eigenvalue weighted by Crippen LogP contribution is -1.27. The first-order chi connectivity index (χ1) is 48.4. The summed E-state index contributed by atoms with van der Waals surface area (Å²) in [6.07, 6.45) is 1.25. The molecule has 97 heavy (non-hydrogen) atoms. The number of hydrogen-bond donors (Lipinski definition) is 0. The van der Waals surface area contributed by atoms with Crippen molar-refractivity contribution in [2.75, 3.05) is 0 Å². The summed E-state index contributed by atoms with van der Waals surface area (Å²) >= 11 is 0. The van der Waals surface area contributed by atoms with Gasteiger partial charge < -0.3 is 0 Å². The standard InChI is InChI=1S/C3H8.47C2H6/c1-3-2;47*1-2/h3H2,1-2H3;47*1-2H3. The molecule has 0 aromatic carbocycles. The average Bonchev–Trinajstić information content (AvgIpc) is 3.84. The van der Waals surface area contributed by atoms with Gasteiger partial charge in [0.25, 0.3) is 0 Å². The van der Waals surface area contributed by atoms with Gasteiger partial charge >= 0.3 is 0 Å². The fraction of sp³-hybridized carbons (Fsp3) is 1.00. The van der Waals surface area contributed by atoms with Crippen molar-refractivity contribution in [3.05, 3.63) is 0 Å². The minimum atomic E-state index is 1.25. The van der Waals surface area contributed by atoms with Crippen molar-refractivity contribution in [2.45, 2.75) is 671 Å². The number of rotatable bonds is 0. The maximum atomic E-state index is 2.12. The smallest absolute Gasteiger partial charge is 0.0590 e. The van der Waals surface area contributed by atoms with E-state index in [4.69, 9.17) is 0 Å². The topological polar surface area (TPSA) is 0 Å². The molecule has 0 fully saturated rings. The zero-order valence-electron chi connectivity index (χ0n) is 96.7. The second-order valence-corrected chi connectivity index (χ2v) is 0.707. The van der Waals surface area contributed by atoms with Crippen LogP contribution in [0.25, 0.3) is 0 Å². The molecule has 0 aliphatic heterocycles. The molecule has 0 rings (SSSR count). The lowest BCUT2D eigenvalue weighted by atomic mass is 10.6. The molecular formula is C97H290. The highest BCUT2D eigenvalue weighted by molar-refractivity contribution is 3.92. The molecule has 0 aromatic rings. The molecule has 0 unspecified atom stereocenters. The van der Waals surface area contributed by atoms with Crippen molar-refractivity contribution < 1.29 is 0 Å². The molecule has 0 N–H and O–H groups in total. The fourth-order valence-corrected chi connectivity index (χ4v) is 0. The minimum Gasteiger partial charge on any atom is -0.0683 e. The minimum absolute atomic E-state index is 1.25. The zero-order valence-corrected chi connectivity index (χ0v) is 96.7. The van der Waals surface area contributed by atoms with Crippen LogP contribution >= 0.6 is 0 Å². The van der Waals surface area contributed by atoms with Crippen LogP contribution in [0.4, 0.5) is 0 Å². The monoisotopic (exact) mass is 1460 g/mol. The lowest BCUT2D eigenvalue weighted by Gasteiger charge is -1.48. The van der Waals surface area contributed by atoms with Crippen LogP contribution in [0.5, 0.6) is 0 Å². The van der Waals surface area contributed by atoms with E-state index >= 15 is 0 Å². The second-order valence-electron chi connectivity index (χ2n) is 0.707. The summed E-state index contributed by atoms with van der Waals surface area (Å²) in [4.78, 5) is 0. The van der Waals surface area contributed by atoms with Crippen molar-refractivity contribution in [1.29, 1.82) is 0 Å². The molecule has 0 saturated heterocycles. The zero-order chi connectivity index (χ0) is 96.7. The Bertz CT molecular complexity index is 0. The van der Waals surface area contributed by atoms with Gasteiger partial charge in [-0.05, 0) is 0 Å². The molecule has 0 heteroatoms. The summed E-state index contributed by atoms with van der Waals surface area (Å²) in [5, 5.41) is 0. The highest BCUT2D eigenvalue weighted by Crippen LogP contribution is 1.56. The summed E-state index contributed by atoms with van der Waals surface area (Å²) in [6, 6.07) is 0. The van der Waals surface area contributed by atoms with Gasteiger partial charge in [0.2, 0.25) is 0 Å². The van der Waals surface area contributed by atoms with Crippen molar-refractivity contribution in [3.8, 4) is 0 Å². The molecule has 0 aliphatic carbocycles. The van der Waals surface area contributed by atoms with Crippen LogP contribution in [0.2, 0.25) is 0 Å². The number of hydrogen-bond acceptors (Lipinski definition) is 0. The van der Waals surface area contributed by atoms with Crippen molar-refractivity contribution in [1.82, 2.24) is 0 Å². The average molecular weight is 1460 g/mol. The first-order valence-corrected chi connectivity index (χ1v) is 48.4. The molecule has 678 valence electrons. The molecule has 0 spiro atoms. The van der Waals surface area contributed by atoms with E-state index in [9.17, 15) is 0 Å². The van der Waals surface area contributed by atoms with Crippen LogP contribution in [0.15, 0.2) is 0 Å². The first-order valence-electron chi connectivity index (χ1n) is 48.4. The lowest BCUT2D eigenvalue weighted by molar-refractivity contribution is 1.09. The van der Waals surface area contributed by atoms with Gasteiger partial charge in [0.1, 0.15) is 0 Å². The highest BCUT2D eigenvalue weighted by atomic mass is 13.4. The summed E-state index contributed by atoms with van der Waals surface area (Å²) < 4.78 is 0. The Morgan fingerprint density at radius 3 is 0.0515 bits per heavy atom. The summed E-state index contributed by atoms with van der Waals surface area (Å²) in [6.45, 7) is 192. The quantitative estimate of drug-likeness (QED) is 0.227. The molecule has 0 saturated carbocycles. The van der Waals surface area contributed by atoms with Crippen LogP contribution in [-0.2, 0) is 0 Å². The summed E-state index contributed by atoms with van der Waals surface area (Å²) in [5.74, 6) is 0. The molecule has 0 radical (unpaired) electrons. The SMILES string of the molecule is CC.CC.CC.CC.CC.CC.CC.CC.CC.CC.CC.CC.CC.CC.CC.CC.CC.CC.CC.CC.CC.CC.CC.CC.CC.CC.CC.CC.CC.CC.CC.CC.CC.CC.CC.CC.CC.CC.CC.CC.CC.CC.CC.CC.CC.CC.CC.CCC. The van der Waals surface area contributed by atoms with E-state index in [0.717, 1.165) is 0 Å². The molecule has 0 nitrogen and oxygen atoms in total. The summed E-state index contributed by atoms with van der Waals surface area (Å²) in [5.41, 5.74) is 0. The molecule has 0 heterocycles. The Labute approximate surface area is 667 Å². The largest absolute Gasteiger partial charge is 0.0683 e. The Hall–Kier alpha value is 0. The Morgan fingerprint density at radius 2 is 0.0515 bits per heavy atom. The summed E-state index contributed by atoms with van der Waals surface area (Å²) in [7, 11) is 0. The van der Waals surface area contributed by atoms with Crippen LogP contribution < -0.4 is 0 Å². The van der Waals surface area contributed by atoms with Gasteiger partial charge in [0, 0.05) is 0 Å². The van der Waals surface area contributed by atoms with Crippen molar-refractivity contribution in [2.24, 2.45) is 0 Å². The van der Waals surface area contributed by atoms with E-state index < -0.39 is 0 Å². The van der Waals surface area contributed by atoms with E-state index in [-0.39, 0.29) is 0 Å². The van der Waals surface area contributed by atoms with Gasteiger partial charge in [-0.15, -0.1) is 0 Å². The third-order valence-corrected chi connectivity index (χ3v) is 0. The van der Waals surface area contributed by atoms with Gasteiger partial charge in [-0.1, -0.05) is 671 Å². The molecule has 0 amide bonds. The third-order valence-electron chi connectivity index (χ3n) is 0. The molecular weight excluding hydrogens is 1170 g/mol. The third kappa shape index (κ3) is 0. The van der Waals surface area contributed by atoms with Gasteiger partial charge in [0.05, 0.1) is 0 Å². The van der Waals surface area contributed by atoms with Gasteiger partial charge in [0.15, 0.2) is 0 Å². The Morgan fingerprint density at radius 1 is 0.0515 bits per heavy atom. The van der Waals surface area contributed by atoms with Gasteiger partial charge in [-0.3, -0.25) is 0 Å². The van der Waals surface area contributed by atoms with Crippen molar-refractivity contribution >= 4 is 0 Å². The Balaban J connectivity index is -0.00000000550. The molecule has 0 aliphatic rings. The molecule has 0 atom stereocenters. The van der Waals surface area contributed by atoms with Crippen LogP contribution in [0.1, 0.15) is 671 Å². The van der Waals surface area contributed by atoms with E-state index in [1.165, 1.54) is 6.42 Å². The van der Waals surface area contributed by atoms with Gasteiger partial charge in [-0.25, -0.2) is 0 Å². The Kier molecular flexibility index (Phi) is 3330000. The molecule has 0 aromatic heterocycles.